The highest BCUT2D eigenvalue weighted by Crippen LogP contribution is 2.40. The highest BCUT2D eigenvalue weighted by Gasteiger charge is 2.33. The molecular formula is C7H15N. The first-order valence-corrected chi connectivity index (χ1v) is 3.58. The summed E-state index contributed by atoms with van der Waals surface area (Å²) < 4.78 is 0. The van der Waals surface area contributed by atoms with Gasteiger partial charge in [-0.2, -0.15) is 0 Å². The first kappa shape index (κ1) is 6.09. The van der Waals surface area contributed by atoms with Crippen LogP contribution in [0.4, 0.5) is 0 Å². The molecule has 1 aliphatic carbocycles. The van der Waals surface area contributed by atoms with Crippen molar-refractivity contribution in [2.75, 3.05) is 6.54 Å². The lowest BCUT2D eigenvalue weighted by Crippen LogP contribution is -2.01. The Balaban J connectivity index is 1.99. The van der Waals surface area contributed by atoms with Crippen molar-refractivity contribution in [3.63, 3.8) is 0 Å². The number of nitrogens with two attached hydrogens (primary N) is 1. The van der Waals surface area contributed by atoms with Gasteiger partial charge in [-0.15, -0.1) is 0 Å². The van der Waals surface area contributed by atoms with Crippen LogP contribution in [-0.2, 0) is 0 Å². The predicted molar refractivity (Wildman–Crippen MR) is 35.6 cm³/mol. The van der Waals surface area contributed by atoms with Gasteiger partial charge in [0, 0.05) is 0 Å². The largest absolute Gasteiger partial charge is 0.330 e. The summed E-state index contributed by atoms with van der Waals surface area (Å²) in [6.07, 6.45) is 4.15. The molecule has 2 atom stereocenters. The molecule has 0 aliphatic heterocycles. The van der Waals surface area contributed by atoms with E-state index >= 15 is 0 Å². The molecule has 8 heavy (non-hydrogen) atoms. The van der Waals surface area contributed by atoms with E-state index in [9.17, 15) is 0 Å². The summed E-state index contributed by atoms with van der Waals surface area (Å²) >= 11 is 0. The SMILES string of the molecule is CCCC1CC1CN. The minimum absolute atomic E-state index is 0.898. The van der Waals surface area contributed by atoms with Crippen LogP contribution in [0.25, 0.3) is 0 Å². The third-order valence-electron chi connectivity index (χ3n) is 2.03. The van der Waals surface area contributed by atoms with Crippen LogP contribution in [0.5, 0.6) is 0 Å². The normalized spacial score (nSPS) is 35.2. The lowest BCUT2D eigenvalue weighted by Gasteiger charge is -1.90. The van der Waals surface area contributed by atoms with Crippen molar-refractivity contribution in [1.82, 2.24) is 0 Å². The molecule has 1 nitrogen and oxygen atoms in total. The van der Waals surface area contributed by atoms with Gasteiger partial charge in [0.2, 0.25) is 0 Å². The first-order chi connectivity index (χ1) is 3.88. The Hall–Kier alpha value is -0.0400. The van der Waals surface area contributed by atoms with Gasteiger partial charge in [0.05, 0.1) is 0 Å². The van der Waals surface area contributed by atoms with Gasteiger partial charge in [0.1, 0.15) is 0 Å². The Bertz CT molecular complexity index is 70.8. The second-order valence-corrected chi connectivity index (χ2v) is 2.78. The highest BCUT2D eigenvalue weighted by molar-refractivity contribution is 4.85. The summed E-state index contributed by atoms with van der Waals surface area (Å²) in [5.74, 6) is 1.90. The van der Waals surface area contributed by atoms with Crippen LogP contribution in [0.2, 0.25) is 0 Å². The number of hydrogen-bond acceptors (Lipinski definition) is 1. The monoisotopic (exact) mass is 113 g/mol. The number of rotatable bonds is 3. The van der Waals surface area contributed by atoms with Gasteiger partial charge >= 0.3 is 0 Å². The fourth-order valence-corrected chi connectivity index (χ4v) is 1.32. The molecule has 1 heteroatoms. The lowest BCUT2D eigenvalue weighted by atomic mass is 10.2. The molecule has 0 aromatic heterocycles. The van der Waals surface area contributed by atoms with Gasteiger partial charge in [0.25, 0.3) is 0 Å². The van der Waals surface area contributed by atoms with E-state index in [-0.39, 0.29) is 0 Å². The van der Waals surface area contributed by atoms with Gasteiger partial charge in [-0.3, -0.25) is 0 Å². The summed E-state index contributed by atoms with van der Waals surface area (Å²) in [7, 11) is 0. The molecule has 0 spiro atoms. The summed E-state index contributed by atoms with van der Waals surface area (Å²) in [4.78, 5) is 0. The topological polar surface area (TPSA) is 26.0 Å². The fourth-order valence-electron chi connectivity index (χ4n) is 1.32. The zero-order valence-corrected chi connectivity index (χ0v) is 5.56. The molecule has 0 aromatic rings. The Morgan fingerprint density at radius 3 is 2.62 bits per heavy atom. The van der Waals surface area contributed by atoms with E-state index in [0.717, 1.165) is 18.4 Å². The smallest absolute Gasteiger partial charge is 0.00461 e. The minimum atomic E-state index is 0.898. The Kier molecular flexibility index (Phi) is 1.90. The molecule has 2 N–H and O–H groups in total. The molecule has 0 aromatic carbocycles. The van der Waals surface area contributed by atoms with Gasteiger partial charge < -0.3 is 5.73 Å². The molecule has 0 radical (unpaired) electrons. The molecule has 2 unspecified atom stereocenters. The van der Waals surface area contributed by atoms with Crippen molar-refractivity contribution in [1.29, 1.82) is 0 Å². The number of hydrogen-bond donors (Lipinski definition) is 1. The first-order valence-electron chi connectivity index (χ1n) is 3.58. The van der Waals surface area contributed by atoms with Crippen molar-refractivity contribution in [3.05, 3.63) is 0 Å². The van der Waals surface area contributed by atoms with Crippen molar-refractivity contribution in [2.24, 2.45) is 17.6 Å². The molecule has 0 saturated heterocycles. The standard InChI is InChI=1S/C7H15N/c1-2-3-6-4-7(6)5-8/h6-7H,2-5,8H2,1H3. The zero-order valence-electron chi connectivity index (χ0n) is 5.56. The Morgan fingerprint density at radius 2 is 2.25 bits per heavy atom. The molecule has 1 aliphatic rings. The Labute approximate surface area is 51.3 Å². The van der Waals surface area contributed by atoms with Crippen molar-refractivity contribution >= 4 is 0 Å². The molecule has 0 heterocycles. The summed E-state index contributed by atoms with van der Waals surface area (Å²) in [6.45, 7) is 3.16. The maximum Gasteiger partial charge on any atom is -0.00461 e. The predicted octanol–water partition coefficient (Wildman–Crippen LogP) is 1.38. The van der Waals surface area contributed by atoms with E-state index in [1.807, 2.05) is 0 Å². The van der Waals surface area contributed by atoms with Gasteiger partial charge in [0.15, 0.2) is 0 Å². The Morgan fingerprint density at radius 1 is 1.50 bits per heavy atom. The molecule has 0 bridgehead atoms. The van der Waals surface area contributed by atoms with Gasteiger partial charge in [-0.25, -0.2) is 0 Å². The lowest BCUT2D eigenvalue weighted by molar-refractivity contribution is 0.638. The summed E-state index contributed by atoms with van der Waals surface area (Å²) in [6, 6.07) is 0. The van der Waals surface area contributed by atoms with Crippen LogP contribution in [0.15, 0.2) is 0 Å². The maximum absolute atomic E-state index is 5.45. The molecular weight excluding hydrogens is 98.1 g/mol. The van der Waals surface area contributed by atoms with E-state index in [2.05, 4.69) is 6.92 Å². The average molecular weight is 113 g/mol. The van der Waals surface area contributed by atoms with Crippen LogP contribution in [0, 0.1) is 11.8 Å². The minimum Gasteiger partial charge on any atom is -0.330 e. The van der Waals surface area contributed by atoms with E-state index in [0.29, 0.717) is 0 Å². The molecule has 0 amide bonds. The molecule has 1 fully saturated rings. The molecule has 1 rings (SSSR count). The quantitative estimate of drug-likeness (QED) is 0.588. The third kappa shape index (κ3) is 1.22. The highest BCUT2D eigenvalue weighted by atomic mass is 14.6. The van der Waals surface area contributed by atoms with E-state index in [1.165, 1.54) is 19.3 Å². The molecule has 48 valence electrons. The van der Waals surface area contributed by atoms with Gasteiger partial charge in [-0.1, -0.05) is 19.8 Å². The van der Waals surface area contributed by atoms with Crippen molar-refractivity contribution in [2.45, 2.75) is 26.2 Å². The van der Waals surface area contributed by atoms with Crippen LogP contribution in [-0.4, -0.2) is 6.54 Å². The van der Waals surface area contributed by atoms with Crippen molar-refractivity contribution < 1.29 is 0 Å². The summed E-state index contributed by atoms with van der Waals surface area (Å²) in [5.41, 5.74) is 5.45. The average Bonchev–Trinajstić information content (AvgIpc) is 2.48. The van der Waals surface area contributed by atoms with E-state index < -0.39 is 0 Å². The fraction of sp³-hybridized carbons (Fsp3) is 1.00. The maximum atomic E-state index is 5.45. The van der Waals surface area contributed by atoms with Crippen LogP contribution < -0.4 is 5.73 Å². The van der Waals surface area contributed by atoms with E-state index in [4.69, 9.17) is 5.73 Å². The van der Waals surface area contributed by atoms with Crippen LogP contribution in [0.1, 0.15) is 26.2 Å². The second kappa shape index (κ2) is 2.49. The van der Waals surface area contributed by atoms with Crippen LogP contribution in [0.3, 0.4) is 0 Å². The van der Waals surface area contributed by atoms with Gasteiger partial charge in [-0.05, 0) is 24.8 Å². The molecule has 1 saturated carbocycles. The zero-order chi connectivity index (χ0) is 5.98. The summed E-state index contributed by atoms with van der Waals surface area (Å²) in [5, 5.41) is 0. The van der Waals surface area contributed by atoms with Crippen molar-refractivity contribution in [3.8, 4) is 0 Å². The van der Waals surface area contributed by atoms with Crippen LogP contribution >= 0.6 is 0 Å². The van der Waals surface area contributed by atoms with E-state index in [1.54, 1.807) is 0 Å². The third-order valence-corrected chi connectivity index (χ3v) is 2.03. The second-order valence-electron chi connectivity index (χ2n) is 2.78.